The Morgan fingerprint density at radius 1 is 0.902 bits per heavy atom. The number of fused-ring (bicyclic) bond motifs is 14. The maximum Gasteiger partial charge on any atom is 0.312 e. The number of Topliss-reactive ketones (excluding diaryl/α,β-unsaturated/α-hetero) is 1. The van der Waals surface area contributed by atoms with Crippen LogP contribution in [0.3, 0.4) is 0 Å². The highest BCUT2D eigenvalue weighted by Crippen LogP contribution is 2.55. The number of ketones is 1. The Kier molecular flexibility index (Phi) is 15.2. The summed E-state index contributed by atoms with van der Waals surface area (Å²) in [5.74, 6) is -8.25. The molecule has 6 N–H and O–H groups in total. The maximum atomic E-state index is 14.5. The van der Waals surface area contributed by atoms with E-state index < -0.39 is 88.8 Å². The number of ether oxygens (including phenoxy) is 4. The van der Waals surface area contributed by atoms with Gasteiger partial charge in [0.25, 0.3) is 11.7 Å². The third kappa shape index (κ3) is 9.84. The Bertz CT molecular complexity index is 2090. The molecule has 15 heteroatoms. The van der Waals surface area contributed by atoms with Crippen molar-refractivity contribution in [1.29, 1.82) is 0 Å². The van der Waals surface area contributed by atoms with Crippen LogP contribution in [-0.2, 0) is 23.8 Å². The molecule has 2 aromatic carbocycles. The van der Waals surface area contributed by atoms with Crippen LogP contribution in [0.5, 0.6) is 23.0 Å². The number of hydrogen-bond donors (Lipinski definition) is 6. The number of allylic oxidation sites excluding steroid dienone is 2. The van der Waals surface area contributed by atoms with Gasteiger partial charge in [0.05, 0.1) is 53.0 Å². The van der Waals surface area contributed by atoms with E-state index in [1.807, 2.05) is 5.01 Å². The lowest BCUT2D eigenvalue weighted by Gasteiger charge is -2.38. The maximum absolute atomic E-state index is 14.5. The average molecular weight is 850 g/mol. The number of aliphatic hydroxyl groups excluding tert-OH is 2. The molecule has 9 unspecified atom stereocenters. The van der Waals surface area contributed by atoms with E-state index in [0.29, 0.717) is 13.1 Å². The number of hydrogen-bond acceptors (Lipinski definition) is 14. The molecule has 6 rings (SSSR count). The molecule has 334 valence electrons. The summed E-state index contributed by atoms with van der Waals surface area (Å²) in [6, 6.07) is 0. The van der Waals surface area contributed by atoms with E-state index in [1.165, 1.54) is 59.4 Å². The summed E-state index contributed by atoms with van der Waals surface area (Å²) >= 11 is 0. The SMILES string of the molecule is COC1C=COC2(C)Oc3c(C)c(O)c4c(O)c(c(C=NN5CCCCCCCC5)c(O)c4c3C2=O)NC(=O)C(C)=CC=CC(C)C(O)C(C)C(O)C(C)C(OC(C)=O)C1C. The van der Waals surface area contributed by atoms with Crippen molar-refractivity contribution in [3.8, 4) is 23.0 Å². The van der Waals surface area contributed by atoms with Gasteiger partial charge in [-0.05, 0) is 32.8 Å². The molecule has 15 nitrogen and oxygen atoms in total. The summed E-state index contributed by atoms with van der Waals surface area (Å²) in [6.07, 6.45) is 11.1. The van der Waals surface area contributed by atoms with Crippen LogP contribution in [-0.4, -0.2) is 105 Å². The van der Waals surface area contributed by atoms with Crippen molar-refractivity contribution < 1.29 is 58.9 Å². The molecule has 4 aliphatic rings. The normalized spacial score (nSPS) is 29.8. The molecule has 2 aromatic rings. The Balaban J connectivity index is 1.71. The fraction of sp³-hybridized carbons (Fsp3) is 0.565. The second-order valence-corrected chi connectivity index (χ2v) is 16.9. The number of rotatable bonds is 4. The van der Waals surface area contributed by atoms with Crippen LogP contribution in [0.15, 0.2) is 41.2 Å². The quantitative estimate of drug-likeness (QED) is 0.0814. The monoisotopic (exact) mass is 849 g/mol. The fourth-order valence-corrected chi connectivity index (χ4v) is 8.53. The van der Waals surface area contributed by atoms with Crippen molar-refractivity contribution in [1.82, 2.24) is 5.01 Å². The number of hydrazone groups is 1. The zero-order chi connectivity index (χ0) is 44.9. The number of amides is 1. The van der Waals surface area contributed by atoms with Gasteiger partial charge in [0.2, 0.25) is 0 Å². The molecule has 9 atom stereocenters. The van der Waals surface area contributed by atoms with Gasteiger partial charge in [-0.25, -0.2) is 0 Å². The van der Waals surface area contributed by atoms with E-state index in [1.54, 1.807) is 39.8 Å². The van der Waals surface area contributed by atoms with Crippen LogP contribution < -0.4 is 10.1 Å². The molecule has 61 heavy (non-hydrogen) atoms. The van der Waals surface area contributed by atoms with Crippen molar-refractivity contribution in [2.45, 2.75) is 124 Å². The molecular formula is C46H63N3O12. The summed E-state index contributed by atoms with van der Waals surface area (Å²) in [5.41, 5.74) is -0.276. The molecule has 0 spiro atoms. The van der Waals surface area contributed by atoms with Crippen LogP contribution in [0.2, 0.25) is 0 Å². The van der Waals surface area contributed by atoms with Gasteiger partial charge >= 0.3 is 11.8 Å². The van der Waals surface area contributed by atoms with Gasteiger partial charge in [0.1, 0.15) is 23.4 Å². The van der Waals surface area contributed by atoms with E-state index >= 15 is 0 Å². The van der Waals surface area contributed by atoms with Crippen molar-refractivity contribution in [2.24, 2.45) is 28.8 Å². The molecule has 1 fully saturated rings. The van der Waals surface area contributed by atoms with Gasteiger partial charge in [-0.1, -0.05) is 71.6 Å². The number of anilines is 1. The van der Waals surface area contributed by atoms with E-state index in [4.69, 9.17) is 18.9 Å². The number of methoxy groups -OCH3 is 1. The number of nitrogens with one attached hydrogen (secondary N) is 1. The standard InChI is InChI=1S/C46H63N3O12/c1-24-17-16-18-25(2)45(57)48-36-31(23-47-49-20-14-12-10-11-13-15-21-49)40(54)33-34(41(36)55)39(53)29(6)43-35(33)44(56)46(8,61-43)59-22-19-32(58-9)26(3)42(60-30(7)50)28(5)38(52)27(4)37(24)51/h16-19,22-24,26-28,32,37-38,42,51-55H,10-15,20-21H2,1-9H3,(H,48,57). The number of nitrogens with zero attached hydrogens (tertiary/aromatic N) is 2. The van der Waals surface area contributed by atoms with Gasteiger partial charge in [-0.15, -0.1) is 0 Å². The number of esters is 1. The summed E-state index contributed by atoms with van der Waals surface area (Å²) in [4.78, 5) is 40.7. The van der Waals surface area contributed by atoms with Crippen LogP contribution in [0.1, 0.15) is 108 Å². The third-order valence-corrected chi connectivity index (χ3v) is 12.5. The Morgan fingerprint density at radius 3 is 2.16 bits per heavy atom. The number of carbonyl (C=O) groups is 3. The van der Waals surface area contributed by atoms with E-state index in [-0.39, 0.29) is 44.5 Å². The number of benzene rings is 2. The Labute approximate surface area is 357 Å². The summed E-state index contributed by atoms with van der Waals surface area (Å²) < 4.78 is 23.7. The summed E-state index contributed by atoms with van der Waals surface area (Å²) in [5, 5.41) is 67.5. The molecule has 1 saturated heterocycles. The zero-order valence-corrected chi connectivity index (χ0v) is 36.7. The molecular weight excluding hydrogens is 787 g/mol. The molecule has 4 aliphatic heterocycles. The molecule has 0 radical (unpaired) electrons. The first-order valence-electron chi connectivity index (χ1n) is 21.2. The van der Waals surface area contributed by atoms with Crippen molar-refractivity contribution in [3.05, 3.63) is 52.8 Å². The van der Waals surface area contributed by atoms with Crippen molar-refractivity contribution in [3.63, 3.8) is 0 Å². The summed E-state index contributed by atoms with van der Waals surface area (Å²) in [6.45, 7) is 13.9. The van der Waals surface area contributed by atoms with E-state index in [9.17, 15) is 39.9 Å². The number of phenolic OH excluding ortho intramolecular Hbond substituents is 3. The van der Waals surface area contributed by atoms with Gasteiger partial charge in [-0.3, -0.25) is 19.4 Å². The lowest BCUT2D eigenvalue weighted by Crippen LogP contribution is -2.46. The number of carbonyl (C=O) groups excluding carboxylic acids is 3. The summed E-state index contributed by atoms with van der Waals surface area (Å²) in [7, 11) is 1.44. The smallest absolute Gasteiger partial charge is 0.312 e. The van der Waals surface area contributed by atoms with Crippen LogP contribution >= 0.6 is 0 Å². The van der Waals surface area contributed by atoms with Crippen LogP contribution in [0.25, 0.3) is 10.8 Å². The van der Waals surface area contributed by atoms with Gasteiger partial charge < -0.3 is 49.8 Å². The Hall–Kier alpha value is -5.12. The first-order valence-corrected chi connectivity index (χ1v) is 21.2. The molecule has 0 saturated carbocycles. The second kappa shape index (κ2) is 19.7. The van der Waals surface area contributed by atoms with Gasteiger partial charge in [0, 0.05) is 74.2 Å². The van der Waals surface area contributed by atoms with Gasteiger partial charge in [-0.2, -0.15) is 5.10 Å². The van der Waals surface area contributed by atoms with Crippen LogP contribution in [0.4, 0.5) is 5.69 Å². The van der Waals surface area contributed by atoms with E-state index in [2.05, 4.69) is 10.4 Å². The minimum absolute atomic E-state index is 0.0645. The van der Waals surface area contributed by atoms with Crippen molar-refractivity contribution >= 4 is 40.3 Å². The fourth-order valence-electron chi connectivity index (χ4n) is 8.53. The molecule has 0 aromatic heterocycles. The highest BCUT2D eigenvalue weighted by atomic mass is 16.7. The molecule has 0 aliphatic carbocycles. The predicted octanol–water partition coefficient (Wildman–Crippen LogP) is 6.74. The highest BCUT2D eigenvalue weighted by molar-refractivity contribution is 6.23. The minimum atomic E-state index is -2.04. The van der Waals surface area contributed by atoms with Gasteiger partial charge in [0.15, 0.2) is 5.75 Å². The zero-order valence-electron chi connectivity index (χ0n) is 36.7. The molecule has 4 heterocycles. The second-order valence-electron chi connectivity index (χ2n) is 16.9. The number of aliphatic hydroxyl groups is 2. The van der Waals surface area contributed by atoms with Crippen molar-refractivity contribution in [2.75, 3.05) is 25.5 Å². The first kappa shape index (κ1) is 46.9. The third-order valence-electron chi connectivity index (χ3n) is 12.5. The van der Waals surface area contributed by atoms with E-state index in [0.717, 1.165) is 38.5 Å². The first-order chi connectivity index (χ1) is 28.8. The predicted molar refractivity (Wildman–Crippen MR) is 231 cm³/mol. The molecule has 5 bridgehead atoms. The highest BCUT2D eigenvalue weighted by Gasteiger charge is 2.50. The largest absolute Gasteiger partial charge is 0.507 e. The molecule has 1 amide bonds. The number of aromatic hydroxyl groups is 3. The lowest BCUT2D eigenvalue weighted by molar-refractivity contribution is -0.160. The Morgan fingerprint density at radius 2 is 1.54 bits per heavy atom. The minimum Gasteiger partial charge on any atom is -0.507 e. The van der Waals surface area contributed by atoms with Crippen LogP contribution in [0, 0.1) is 30.6 Å². The topological polar surface area (TPSA) is 217 Å². The lowest BCUT2D eigenvalue weighted by atomic mass is 9.78. The average Bonchev–Trinajstić information content (AvgIpc) is 3.56. The number of phenols is 3.